The quantitative estimate of drug-likeness (QED) is 0.382. The number of hydrogen-bond acceptors (Lipinski definition) is 4. The summed E-state index contributed by atoms with van der Waals surface area (Å²) in [5, 5.41) is 17.7. The summed E-state index contributed by atoms with van der Waals surface area (Å²) in [6.07, 6.45) is -0.299. The largest absolute Gasteiger partial charge is 0.276 e. The van der Waals surface area contributed by atoms with Gasteiger partial charge in [0.05, 0.1) is 10.5 Å². The van der Waals surface area contributed by atoms with Crippen molar-refractivity contribution in [1.29, 1.82) is 0 Å². The molecule has 5 heteroatoms. The Hall–Kier alpha value is -1.78. The van der Waals surface area contributed by atoms with Gasteiger partial charge in [0, 0.05) is 6.07 Å². The zero-order valence-corrected chi connectivity index (χ0v) is 6.04. The fraction of sp³-hybridized carbons (Fsp3) is 0.143. The van der Waals surface area contributed by atoms with Crippen molar-refractivity contribution < 1.29 is 4.92 Å². The molecule has 0 aromatic heterocycles. The molecule has 0 saturated heterocycles. The van der Waals surface area contributed by atoms with Crippen molar-refractivity contribution in [1.82, 2.24) is 0 Å². The molecule has 1 heterocycles. The van der Waals surface area contributed by atoms with Gasteiger partial charge in [-0.25, -0.2) is 0 Å². The molecular formula is C7H5N3O2. The first-order valence-corrected chi connectivity index (χ1v) is 3.42. The van der Waals surface area contributed by atoms with Crippen molar-refractivity contribution in [3.05, 3.63) is 39.9 Å². The number of rotatable bonds is 2. The summed E-state index contributed by atoms with van der Waals surface area (Å²) in [4.78, 5) is 10.1. The molecule has 12 heavy (non-hydrogen) atoms. The van der Waals surface area contributed by atoms with E-state index in [1.807, 2.05) is 0 Å². The van der Waals surface area contributed by atoms with Gasteiger partial charge in [0.15, 0.2) is 0 Å². The van der Waals surface area contributed by atoms with Crippen LogP contribution in [0, 0.1) is 10.1 Å². The molecule has 1 aliphatic rings. The number of nitrogens with zero attached hydrogens (tertiary/aromatic N) is 3. The topological polar surface area (TPSA) is 67.9 Å². The van der Waals surface area contributed by atoms with Gasteiger partial charge < -0.3 is 0 Å². The Morgan fingerprint density at radius 3 is 2.58 bits per heavy atom. The van der Waals surface area contributed by atoms with E-state index in [1.165, 1.54) is 6.07 Å². The highest BCUT2D eigenvalue weighted by Crippen LogP contribution is 2.36. The van der Waals surface area contributed by atoms with Crippen molar-refractivity contribution in [3.8, 4) is 0 Å². The summed E-state index contributed by atoms with van der Waals surface area (Å²) < 4.78 is 0. The minimum atomic E-state index is -0.418. The average molecular weight is 165 g/mol. The number of hydrogen-bond donors (Lipinski definition) is 0. The maximum Gasteiger partial charge on any atom is 0.276 e. The molecule has 0 amide bonds. The molecule has 1 aromatic rings. The van der Waals surface area contributed by atoms with Crippen molar-refractivity contribution in [3.63, 3.8) is 0 Å². The first-order chi connectivity index (χ1) is 5.79. The molecular weight excluding hydrogens is 160 g/mol. The van der Waals surface area contributed by atoms with E-state index >= 15 is 0 Å². The Labute approximate surface area is 67.9 Å². The lowest BCUT2D eigenvalue weighted by Crippen LogP contribution is -1.93. The lowest BCUT2D eigenvalue weighted by Gasteiger charge is -1.95. The fourth-order valence-corrected chi connectivity index (χ4v) is 1.03. The summed E-state index contributed by atoms with van der Waals surface area (Å²) >= 11 is 0. The van der Waals surface area contributed by atoms with Crippen LogP contribution in [0.25, 0.3) is 0 Å². The minimum absolute atomic E-state index is 0.0903. The molecule has 0 unspecified atom stereocenters. The van der Waals surface area contributed by atoms with Crippen LogP contribution in [0.5, 0.6) is 0 Å². The standard InChI is InChI=1S/C7H5N3O2/c11-10(12)6-4-2-1-3-5(6)7-8-9-7/h1-4,7H/i8+1,9+1. The maximum atomic E-state index is 10.5. The molecule has 2 rings (SSSR count). The van der Waals surface area contributed by atoms with Crippen LogP contribution < -0.4 is 0 Å². The van der Waals surface area contributed by atoms with Gasteiger partial charge in [-0.2, -0.15) is 10.2 Å². The molecule has 60 valence electrons. The smallest absolute Gasteiger partial charge is 0.258 e. The molecule has 0 saturated carbocycles. The Bertz CT molecular complexity index is 355. The van der Waals surface area contributed by atoms with Gasteiger partial charge in [-0.15, -0.1) is 0 Å². The van der Waals surface area contributed by atoms with Crippen LogP contribution in [0.2, 0.25) is 0 Å². The number of nitro benzene ring substituents is 1. The Morgan fingerprint density at radius 2 is 2.00 bits per heavy atom. The molecule has 1 aliphatic heterocycles. The Morgan fingerprint density at radius 1 is 1.33 bits per heavy atom. The van der Waals surface area contributed by atoms with Crippen molar-refractivity contribution in [2.75, 3.05) is 0 Å². The lowest BCUT2D eigenvalue weighted by molar-refractivity contribution is -0.385. The van der Waals surface area contributed by atoms with Gasteiger partial charge in [0.1, 0.15) is 0 Å². The number of benzene rings is 1. The normalized spacial score (nSPS) is 14.7. The Balaban J connectivity index is 2.44. The van der Waals surface area contributed by atoms with E-state index in [0.29, 0.717) is 5.56 Å². The van der Waals surface area contributed by atoms with Crippen LogP contribution in [0.3, 0.4) is 0 Å². The Kier molecular flexibility index (Phi) is 1.36. The molecule has 0 atom stereocenters. The van der Waals surface area contributed by atoms with Crippen molar-refractivity contribution in [2.24, 2.45) is 10.2 Å². The highest BCUT2D eigenvalue weighted by molar-refractivity contribution is 5.42. The molecule has 0 aliphatic carbocycles. The molecule has 0 fully saturated rings. The van der Waals surface area contributed by atoms with Crippen LogP contribution in [-0.4, -0.2) is 4.92 Å². The van der Waals surface area contributed by atoms with Gasteiger partial charge in [0.2, 0.25) is 6.17 Å². The lowest BCUT2D eigenvalue weighted by atomic mass is 10.2. The van der Waals surface area contributed by atoms with E-state index in [4.69, 9.17) is 0 Å². The van der Waals surface area contributed by atoms with Crippen LogP contribution in [-0.2, 0) is 0 Å². The van der Waals surface area contributed by atoms with E-state index < -0.39 is 4.92 Å². The third-order valence-electron chi connectivity index (χ3n) is 1.64. The van der Waals surface area contributed by atoms with Crippen LogP contribution in [0.1, 0.15) is 11.7 Å². The third kappa shape index (κ3) is 1.05. The minimum Gasteiger partial charge on any atom is -0.258 e. The second kappa shape index (κ2) is 2.37. The van der Waals surface area contributed by atoms with Crippen molar-refractivity contribution >= 4 is 5.69 Å². The summed E-state index contributed by atoms with van der Waals surface area (Å²) in [7, 11) is 0. The monoisotopic (exact) mass is 165 g/mol. The van der Waals surface area contributed by atoms with Gasteiger partial charge in [-0.1, -0.05) is 12.1 Å². The molecule has 0 spiro atoms. The first-order valence-electron chi connectivity index (χ1n) is 3.42. The molecule has 0 N–H and O–H groups in total. The second-order valence-corrected chi connectivity index (χ2v) is 2.42. The number of nitro groups is 1. The number of para-hydroxylation sites is 1. The first kappa shape index (κ1) is 6.90. The fourth-order valence-electron chi connectivity index (χ4n) is 1.03. The highest BCUT2D eigenvalue weighted by atomic mass is 16.6. The van der Waals surface area contributed by atoms with Gasteiger partial charge in [0.25, 0.3) is 5.69 Å². The summed E-state index contributed by atoms with van der Waals surface area (Å²) in [6.45, 7) is 0. The van der Waals surface area contributed by atoms with Crippen molar-refractivity contribution in [2.45, 2.75) is 6.17 Å². The molecule has 0 radical (unpaired) electrons. The molecule has 0 bridgehead atoms. The summed E-state index contributed by atoms with van der Waals surface area (Å²) in [5.74, 6) is 0. The summed E-state index contributed by atoms with van der Waals surface area (Å²) in [6, 6.07) is 6.50. The van der Waals surface area contributed by atoms with Crippen LogP contribution in [0.15, 0.2) is 34.5 Å². The molecule has 1 aromatic carbocycles. The third-order valence-corrected chi connectivity index (χ3v) is 1.64. The van der Waals surface area contributed by atoms with Gasteiger partial charge in [-0.3, -0.25) is 10.1 Å². The van der Waals surface area contributed by atoms with E-state index in [1.54, 1.807) is 18.2 Å². The van der Waals surface area contributed by atoms with Gasteiger partial charge in [-0.05, 0) is 6.07 Å². The maximum absolute atomic E-state index is 10.5. The van der Waals surface area contributed by atoms with E-state index in [0.717, 1.165) is 0 Å². The van der Waals surface area contributed by atoms with Crippen LogP contribution >= 0.6 is 0 Å². The average Bonchev–Trinajstić information content (AvgIpc) is 2.87. The van der Waals surface area contributed by atoms with E-state index in [9.17, 15) is 10.1 Å². The molecule has 5 nitrogen and oxygen atoms in total. The second-order valence-electron chi connectivity index (χ2n) is 2.42. The predicted octanol–water partition coefficient (Wildman–Crippen LogP) is 2.06. The van der Waals surface area contributed by atoms with E-state index in [2.05, 4.69) is 10.2 Å². The van der Waals surface area contributed by atoms with Crippen LogP contribution in [0.4, 0.5) is 5.69 Å². The zero-order valence-electron chi connectivity index (χ0n) is 6.04. The SMILES string of the molecule is O=[N+]([O-])c1ccccc1C1[15N]=[15N]1. The van der Waals surface area contributed by atoms with E-state index in [-0.39, 0.29) is 11.9 Å². The summed E-state index contributed by atoms with van der Waals surface area (Å²) in [5.41, 5.74) is 0.662. The van der Waals surface area contributed by atoms with Gasteiger partial charge >= 0.3 is 0 Å². The predicted molar refractivity (Wildman–Crippen MR) is 40.7 cm³/mol. The zero-order chi connectivity index (χ0) is 8.55. The highest BCUT2D eigenvalue weighted by Gasteiger charge is 2.26.